The van der Waals surface area contributed by atoms with Crippen LogP contribution in [0.15, 0.2) is 140 Å². The molecule has 0 saturated heterocycles. The second-order valence-corrected chi connectivity index (χ2v) is 11.7. The zero-order valence-electron chi connectivity index (χ0n) is 24.1. The summed E-state index contributed by atoms with van der Waals surface area (Å²) in [7, 11) is 0. The Morgan fingerprint density at radius 1 is 0.488 bits per heavy atom. The number of pyridine rings is 1. The number of nitrogens with zero attached hydrogens (tertiary/aromatic N) is 3. The molecule has 7 aromatic rings. The number of rotatable bonds is 4. The van der Waals surface area contributed by atoms with Crippen molar-refractivity contribution in [3.63, 3.8) is 0 Å². The summed E-state index contributed by atoms with van der Waals surface area (Å²) in [5.74, 6) is 0.700. The van der Waals surface area contributed by atoms with Crippen molar-refractivity contribution in [1.29, 1.82) is 0 Å². The maximum Gasteiger partial charge on any atom is 0.160 e. The highest BCUT2D eigenvalue weighted by Gasteiger charge is 2.37. The molecule has 3 heteroatoms. The first-order valence-electron chi connectivity index (χ1n) is 14.7. The van der Waals surface area contributed by atoms with E-state index in [9.17, 15) is 0 Å². The lowest BCUT2D eigenvalue weighted by molar-refractivity contribution is 0.662. The van der Waals surface area contributed by atoms with Gasteiger partial charge in [-0.15, -0.1) is 0 Å². The largest absolute Gasteiger partial charge is 0.264 e. The fourth-order valence-corrected chi connectivity index (χ4v) is 6.79. The van der Waals surface area contributed by atoms with Crippen LogP contribution in [0.3, 0.4) is 0 Å². The van der Waals surface area contributed by atoms with Crippen LogP contribution in [0.25, 0.3) is 66.9 Å². The lowest BCUT2D eigenvalue weighted by Crippen LogP contribution is -2.16. The number of aromatic nitrogens is 3. The van der Waals surface area contributed by atoms with Crippen LogP contribution in [0.2, 0.25) is 0 Å². The number of fused-ring (bicyclic) bond motifs is 4. The van der Waals surface area contributed by atoms with Gasteiger partial charge in [-0.05, 0) is 62.4 Å². The lowest BCUT2D eigenvalue weighted by Gasteiger charge is -2.25. The Hall–Kier alpha value is -5.41. The highest BCUT2D eigenvalue weighted by Crippen LogP contribution is 2.53. The van der Waals surface area contributed by atoms with E-state index in [4.69, 9.17) is 9.97 Å². The summed E-state index contributed by atoms with van der Waals surface area (Å²) in [4.78, 5) is 14.5. The Morgan fingerprint density at radius 2 is 1.12 bits per heavy atom. The molecular weight excluding hydrogens is 522 g/mol. The van der Waals surface area contributed by atoms with Crippen LogP contribution in [0.1, 0.15) is 25.0 Å². The Balaban J connectivity index is 1.35. The molecule has 8 rings (SSSR count). The van der Waals surface area contributed by atoms with Crippen molar-refractivity contribution >= 4 is 10.8 Å². The van der Waals surface area contributed by atoms with Crippen molar-refractivity contribution in [1.82, 2.24) is 15.0 Å². The van der Waals surface area contributed by atoms with E-state index in [2.05, 4.69) is 116 Å². The van der Waals surface area contributed by atoms with Gasteiger partial charge in [0, 0.05) is 34.5 Å². The molecule has 0 unspecified atom stereocenters. The van der Waals surface area contributed by atoms with E-state index in [-0.39, 0.29) is 5.41 Å². The van der Waals surface area contributed by atoms with Gasteiger partial charge in [0.25, 0.3) is 0 Å². The number of benzene rings is 5. The molecule has 204 valence electrons. The van der Waals surface area contributed by atoms with Gasteiger partial charge in [0.2, 0.25) is 0 Å². The van der Waals surface area contributed by atoms with Crippen molar-refractivity contribution in [3.05, 3.63) is 151 Å². The smallest absolute Gasteiger partial charge is 0.160 e. The van der Waals surface area contributed by atoms with Gasteiger partial charge in [0.05, 0.1) is 11.4 Å². The predicted molar refractivity (Wildman–Crippen MR) is 177 cm³/mol. The Kier molecular flexibility index (Phi) is 5.80. The van der Waals surface area contributed by atoms with E-state index < -0.39 is 0 Å². The van der Waals surface area contributed by atoms with Crippen molar-refractivity contribution in [2.24, 2.45) is 0 Å². The van der Waals surface area contributed by atoms with Crippen LogP contribution in [0.4, 0.5) is 0 Å². The topological polar surface area (TPSA) is 38.7 Å². The highest BCUT2D eigenvalue weighted by molar-refractivity contribution is 6.06. The fourth-order valence-electron chi connectivity index (χ4n) is 6.79. The summed E-state index contributed by atoms with van der Waals surface area (Å²) in [5.41, 5.74) is 12.6. The molecule has 1 aliphatic rings. The van der Waals surface area contributed by atoms with Gasteiger partial charge in [-0.25, -0.2) is 9.97 Å². The SMILES string of the molecule is CC1(C)c2ccccc2-c2cccc(-c3ccc(-c4cc(-c5cccnc5)nc(-c5ccccc5)n4)c4ccccc34)c21. The van der Waals surface area contributed by atoms with Gasteiger partial charge >= 0.3 is 0 Å². The van der Waals surface area contributed by atoms with E-state index in [1.165, 1.54) is 44.2 Å². The first-order chi connectivity index (χ1) is 21.1. The monoisotopic (exact) mass is 551 g/mol. The Bertz CT molecular complexity index is 2090. The van der Waals surface area contributed by atoms with Gasteiger partial charge in [0.1, 0.15) is 0 Å². The molecule has 0 N–H and O–H groups in total. The van der Waals surface area contributed by atoms with Gasteiger partial charge in [0.15, 0.2) is 5.82 Å². The molecule has 0 atom stereocenters. The first kappa shape index (κ1) is 25.3. The van der Waals surface area contributed by atoms with Crippen LogP contribution in [0.5, 0.6) is 0 Å². The van der Waals surface area contributed by atoms with E-state index in [1.807, 2.05) is 36.5 Å². The lowest BCUT2D eigenvalue weighted by atomic mass is 9.78. The summed E-state index contributed by atoms with van der Waals surface area (Å²) in [6.45, 7) is 4.70. The van der Waals surface area contributed by atoms with Gasteiger partial charge in [-0.1, -0.05) is 123 Å². The third kappa shape index (κ3) is 4.08. The van der Waals surface area contributed by atoms with E-state index in [0.717, 1.165) is 28.1 Å². The third-order valence-electron chi connectivity index (χ3n) is 8.79. The Labute approximate surface area is 251 Å². The van der Waals surface area contributed by atoms with Gasteiger partial charge in [-0.2, -0.15) is 0 Å². The average Bonchev–Trinajstić information content (AvgIpc) is 3.31. The standard InChI is InChI=1S/C40H29N3/c1-40(2)35-20-9-8-17-31(35)34-19-10-18-33(38(34)40)30-21-22-32(29-16-7-6-15-28(29)30)37-24-36(27-14-11-23-41-25-27)42-39(43-37)26-12-4-3-5-13-26/h3-25H,1-2H3. The summed E-state index contributed by atoms with van der Waals surface area (Å²) in [6, 6.07) is 45.1. The molecular formula is C40H29N3. The van der Waals surface area contributed by atoms with Gasteiger partial charge in [-0.3, -0.25) is 4.98 Å². The molecule has 0 saturated carbocycles. The molecule has 3 nitrogen and oxygen atoms in total. The van der Waals surface area contributed by atoms with E-state index in [0.29, 0.717) is 5.82 Å². The molecule has 1 aliphatic carbocycles. The average molecular weight is 552 g/mol. The maximum absolute atomic E-state index is 5.13. The fraction of sp³-hybridized carbons (Fsp3) is 0.0750. The zero-order valence-corrected chi connectivity index (χ0v) is 24.1. The first-order valence-corrected chi connectivity index (χ1v) is 14.7. The quantitative estimate of drug-likeness (QED) is 0.218. The van der Waals surface area contributed by atoms with Crippen LogP contribution in [0, 0.1) is 0 Å². The summed E-state index contributed by atoms with van der Waals surface area (Å²) in [6.07, 6.45) is 3.65. The van der Waals surface area contributed by atoms with Crippen LogP contribution in [-0.2, 0) is 5.41 Å². The summed E-state index contributed by atoms with van der Waals surface area (Å²) in [5, 5.41) is 2.38. The van der Waals surface area contributed by atoms with Crippen molar-refractivity contribution in [3.8, 4) is 56.2 Å². The molecule has 2 heterocycles. The van der Waals surface area contributed by atoms with E-state index >= 15 is 0 Å². The minimum Gasteiger partial charge on any atom is -0.264 e. The van der Waals surface area contributed by atoms with Crippen molar-refractivity contribution in [2.45, 2.75) is 19.3 Å². The van der Waals surface area contributed by atoms with Crippen LogP contribution < -0.4 is 0 Å². The summed E-state index contributed by atoms with van der Waals surface area (Å²) < 4.78 is 0. The second-order valence-electron chi connectivity index (χ2n) is 11.7. The molecule has 0 spiro atoms. The molecule has 43 heavy (non-hydrogen) atoms. The minimum atomic E-state index is -0.0991. The van der Waals surface area contributed by atoms with Crippen LogP contribution in [-0.4, -0.2) is 15.0 Å². The van der Waals surface area contributed by atoms with Gasteiger partial charge < -0.3 is 0 Å². The molecule has 0 radical (unpaired) electrons. The second kappa shape index (κ2) is 9.85. The minimum absolute atomic E-state index is 0.0991. The molecule has 0 fully saturated rings. The molecule has 0 amide bonds. The maximum atomic E-state index is 5.13. The van der Waals surface area contributed by atoms with E-state index in [1.54, 1.807) is 6.20 Å². The zero-order chi connectivity index (χ0) is 29.0. The molecule has 0 aliphatic heterocycles. The number of hydrogen-bond donors (Lipinski definition) is 0. The summed E-state index contributed by atoms with van der Waals surface area (Å²) >= 11 is 0. The normalized spacial score (nSPS) is 13.1. The molecule has 2 aromatic heterocycles. The molecule has 0 bridgehead atoms. The highest BCUT2D eigenvalue weighted by atomic mass is 14.9. The van der Waals surface area contributed by atoms with Crippen LogP contribution >= 0.6 is 0 Å². The van der Waals surface area contributed by atoms with Crippen molar-refractivity contribution in [2.75, 3.05) is 0 Å². The van der Waals surface area contributed by atoms with Crippen molar-refractivity contribution < 1.29 is 0 Å². The molecule has 5 aromatic carbocycles. The Morgan fingerprint density at radius 3 is 1.91 bits per heavy atom. The predicted octanol–water partition coefficient (Wildman–Crippen LogP) is 10.00. The third-order valence-corrected chi connectivity index (χ3v) is 8.79. The number of hydrogen-bond acceptors (Lipinski definition) is 3.